The number of nitrogens with zero attached hydrogens (tertiary/aromatic N) is 6. The second-order valence-corrected chi connectivity index (χ2v) is 9.15. The summed E-state index contributed by atoms with van der Waals surface area (Å²) in [5.41, 5.74) is 3.77. The van der Waals surface area contributed by atoms with E-state index in [1.165, 1.54) is 4.90 Å². The fraction of sp³-hybridized carbons (Fsp3) is 0.522. The van der Waals surface area contributed by atoms with Gasteiger partial charge >= 0.3 is 5.97 Å². The van der Waals surface area contributed by atoms with Crippen molar-refractivity contribution in [1.82, 2.24) is 30.0 Å². The van der Waals surface area contributed by atoms with Crippen LogP contribution in [0.3, 0.4) is 0 Å². The summed E-state index contributed by atoms with van der Waals surface area (Å²) in [5, 5.41) is 22.4. The van der Waals surface area contributed by atoms with Crippen LogP contribution in [0, 0.1) is 5.92 Å². The molecule has 10 nitrogen and oxygen atoms in total. The van der Waals surface area contributed by atoms with Crippen LogP contribution in [0.1, 0.15) is 37.0 Å². The second kappa shape index (κ2) is 9.22. The number of likely N-dealkylation sites (tertiary alicyclic amines) is 1. The highest BCUT2D eigenvalue weighted by Gasteiger charge is 2.32. The van der Waals surface area contributed by atoms with Crippen molar-refractivity contribution in [3.05, 3.63) is 40.6 Å². The highest BCUT2D eigenvalue weighted by atomic mass is 19.1. The van der Waals surface area contributed by atoms with Crippen molar-refractivity contribution in [2.75, 3.05) is 32.8 Å². The number of benzene rings is 1. The Kier molecular flexibility index (Phi) is 6.13. The number of carbonyl (C=O) groups is 2. The van der Waals surface area contributed by atoms with Gasteiger partial charge in [0.15, 0.2) is 5.82 Å². The molecule has 0 aliphatic carbocycles. The average molecular weight is 471 g/mol. The molecule has 34 heavy (non-hydrogen) atoms. The largest absolute Gasteiger partial charge is 0.456 e. The Labute approximate surface area is 196 Å². The molecule has 5 rings (SSSR count). The van der Waals surface area contributed by atoms with E-state index in [0.717, 1.165) is 22.5 Å². The summed E-state index contributed by atoms with van der Waals surface area (Å²) in [6.07, 6.45) is 0.0347. The minimum Gasteiger partial charge on any atom is -0.456 e. The fourth-order valence-electron chi connectivity index (χ4n) is 5.02. The molecule has 0 bridgehead atoms. The Balaban J connectivity index is 1.14. The number of β-amino-alcohol motifs (C(OH)–C–C–N with tert-alkyl or cyclic N) is 1. The minimum absolute atomic E-state index is 0.0811. The molecule has 1 unspecified atom stereocenters. The highest BCUT2D eigenvalue weighted by molar-refractivity contribution is 5.91. The van der Waals surface area contributed by atoms with Gasteiger partial charge in [-0.05, 0) is 53.8 Å². The summed E-state index contributed by atoms with van der Waals surface area (Å²) >= 11 is 0. The number of alkyl halides is 1. The van der Waals surface area contributed by atoms with Crippen molar-refractivity contribution in [2.24, 2.45) is 5.92 Å². The third kappa shape index (κ3) is 4.21. The zero-order valence-corrected chi connectivity index (χ0v) is 18.9. The van der Waals surface area contributed by atoms with Gasteiger partial charge in [-0.1, -0.05) is 18.2 Å². The lowest BCUT2D eigenvalue weighted by atomic mass is 9.91. The topological polar surface area (TPSA) is 114 Å². The maximum atomic E-state index is 15.0. The Morgan fingerprint density at radius 1 is 1.41 bits per heavy atom. The van der Waals surface area contributed by atoms with Crippen LogP contribution < -0.4 is 0 Å². The quantitative estimate of drug-likeness (QED) is 0.384. The molecule has 2 aromatic rings. The van der Waals surface area contributed by atoms with Crippen LogP contribution in [0.5, 0.6) is 0 Å². The first-order valence-electron chi connectivity index (χ1n) is 11.5. The van der Waals surface area contributed by atoms with Crippen LogP contribution >= 0.6 is 0 Å². The zero-order valence-electron chi connectivity index (χ0n) is 18.9. The molecule has 4 heterocycles. The third-order valence-electron chi connectivity index (χ3n) is 7.09. The van der Waals surface area contributed by atoms with E-state index in [1.807, 2.05) is 23.1 Å². The van der Waals surface area contributed by atoms with Gasteiger partial charge in [-0.15, -0.1) is 5.10 Å². The van der Waals surface area contributed by atoms with Crippen LogP contribution in [-0.2, 0) is 20.9 Å². The van der Waals surface area contributed by atoms with Crippen LogP contribution in [0.2, 0.25) is 0 Å². The van der Waals surface area contributed by atoms with E-state index in [1.54, 1.807) is 11.6 Å². The molecule has 11 heteroatoms. The number of amides is 1. The number of fused-ring (bicyclic) bond motifs is 3. The monoisotopic (exact) mass is 470 g/mol. The molecule has 0 saturated carbocycles. The molecule has 3 atom stereocenters. The number of esters is 1. The molecule has 0 radical (unpaired) electrons. The first kappa shape index (κ1) is 22.6. The van der Waals surface area contributed by atoms with E-state index >= 15 is 0 Å². The molecule has 1 aromatic carbocycles. The minimum atomic E-state index is -1.05. The number of aromatic nitrogens is 4. The van der Waals surface area contributed by atoms with Gasteiger partial charge in [0.25, 0.3) is 0 Å². The Morgan fingerprint density at radius 3 is 3.00 bits per heavy atom. The smallest absolute Gasteiger partial charge is 0.336 e. The van der Waals surface area contributed by atoms with Crippen LogP contribution in [0.15, 0.2) is 29.5 Å². The number of piperidine rings is 1. The van der Waals surface area contributed by atoms with Crippen molar-refractivity contribution in [3.63, 3.8) is 0 Å². The molecule has 0 spiro atoms. The van der Waals surface area contributed by atoms with Crippen molar-refractivity contribution in [2.45, 2.75) is 38.6 Å². The van der Waals surface area contributed by atoms with Crippen LogP contribution in [0.25, 0.3) is 11.4 Å². The molecule has 1 fully saturated rings. The summed E-state index contributed by atoms with van der Waals surface area (Å²) in [7, 11) is 0. The van der Waals surface area contributed by atoms with Crippen molar-refractivity contribution < 1.29 is 23.8 Å². The molecule has 3 aliphatic rings. The van der Waals surface area contributed by atoms with E-state index in [-0.39, 0.29) is 19.1 Å². The van der Waals surface area contributed by atoms with E-state index in [4.69, 9.17) is 4.74 Å². The van der Waals surface area contributed by atoms with Gasteiger partial charge in [-0.2, -0.15) is 0 Å². The van der Waals surface area contributed by atoms with Gasteiger partial charge < -0.3 is 14.7 Å². The van der Waals surface area contributed by atoms with E-state index < -0.39 is 18.2 Å². The van der Waals surface area contributed by atoms with Gasteiger partial charge in [0.2, 0.25) is 6.41 Å². The summed E-state index contributed by atoms with van der Waals surface area (Å²) in [4.78, 5) is 26.5. The average Bonchev–Trinajstić information content (AvgIpc) is 3.51. The molecule has 1 aromatic heterocycles. The zero-order chi connectivity index (χ0) is 23.8. The van der Waals surface area contributed by atoms with Gasteiger partial charge in [0, 0.05) is 25.2 Å². The Hall–Kier alpha value is -3.18. The number of rotatable bonds is 8. The number of aliphatic hydroxyl groups is 1. The van der Waals surface area contributed by atoms with Gasteiger partial charge in [-0.25, -0.2) is 13.9 Å². The molecule has 3 aliphatic heterocycles. The highest BCUT2D eigenvalue weighted by Crippen LogP contribution is 2.32. The van der Waals surface area contributed by atoms with Gasteiger partial charge in [0.05, 0.1) is 23.9 Å². The van der Waals surface area contributed by atoms with Gasteiger partial charge in [-0.3, -0.25) is 9.69 Å². The van der Waals surface area contributed by atoms with Crippen LogP contribution in [-0.4, -0.2) is 86.5 Å². The van der Waals surface area contributed by atoms with E-state index in [2.05, 4.69) is 15.5 Å². The molecular formula is C23H27FN6O4. The summed E-state index contributed by atoms with van der Waals surface area (Å²) in [6.45, 7) is 3.89. The maximum Gasteiger partial charge on any atom is 0.336 e. The summed E-state index contributed by atoms with van der Waals surface area (Å²) in [5.74, 6) is 0.128. The summed E-state index contributed by atoms with van der Waals surface area (Å²) in [6, 6.07) is 5.75. The normalized spacial score (nSPS) is 23.0. The van der Waals surface area contributed by atoms with E-state index in [9.17, 15) is 19.1 Å². The number of ether oxygens (including phenoxy) is 1. The third-order valence-corrected chi connectivity index (χ3v) is 7.09. The second-order valence-electron chi connectivity index (χ2n) is 9.15. The lowest BCUT2D eigenvalue weighted by molar-refractivity contribution is -0.136. The van der Waals surface area contributed by atoms with Gasteiger partial charge in [0.1, 0.15) is 12.8 Å². The van der Waals surface area contributed by atoms with E-state index in [0.29, 0.717) is 56.7 Å². The molecular weight excluding hydrogens is 443 g/mol. The lowest BCUT2D eigenvalue weighted by Crippen LogP contribution is -2.44. The van der Waals surface area contributed by atoms with Crippen molar-refractivity contribution in [1.29, 1.82) is 0 Å². The Bertz CT molecular complexity index is 1130. The predicted octanol–water partition coefficient (Wildman–Crippen LogP) is 1.07. The predicted molar refractivity (Wildman–Crippen MR) is 118 cm³/mol. The number of halogens is 1. The molecule has 1 amide bonds. The first-order valence-corrected chi connectivity index (χ1v) is 11.5. The number of hydrogen-bond donors (Lipinski definition) is 1. The fourth-order valence-corrected chi connectivity index (χ4v) is 5.02. The van der Waals surface area contributed by atoms with Crippen molar-refractivity contribution in [3.8, 4) is 11.4 Å². The number of tetrazole rings is 1. The summed E-state index contributed by atoms with van der Waals surface area (Å²) < 4.78 is 21.7. The Morgan fingerprint density at radius 2 is 2.26 bits per heavy atom. The number of cyclic esters (lactones) is 1. The number of carbonyl (C=O) groups excluding carboxylic acids is 2. The molecule has 1 saturated heterocycles. The standard InChI is InChI=1S/C23H27FN6O4/c1-14-20(12-34-23(14)33)29(13-31)7-5-15-4-6-28(10-19(15)24)11-21(32)16-2-3-18-17(8-16)9-30-22(18)25-26-27-30/h2-3,8,13,15,19,21,32H,4-7,9-12H2,1H3/t15?,19-,21+/m0/s1. The maximum absolute atomic E-state index is 15.0. The SMILES string of the molecule is CC1=C(N(C=O)CCC2CCN(C[C@@H](O)c3ccc4c(c3)Cn3nnnc3-4)C[C@@H]2F)COC1=O. The molecule has 1 N–H and O–H groups in total. The first-order chi connectivity index (χ1) is 16.4. The lowest BCUT2D eigenvalue weighted by Gasteiger charge is -2.36. The number of aliphatic hydroxyl groups excluding tert-OH is 1. The number of hydrogen-bond acceptors (Lipinski definition) is 8. The van der Waals surface area contributed by atoms with Crippen molar-refractivity contribution >= 4 is 12.4 Å². The van der Waals surface area contributed by atoms with Crippen LogP contribution in [0.4, 0.5) is 4.39 Å². The molecule has 180 valence electrons.